The molecule has 27 heavy (non-hydrogen) atoms. The smallest absolute Gasteiger partial charge is 0.291 e. The van der Waals surface area contributed by atoms with Gasteiger partial charge < -0.3 is 19.1 Å². The molecule has 0 fully saturated rings. The van der Waals surface area contributed by atoms with Crippen LogP contribution in [-0.2, 0) is 6.54 Å². The SMILES string of the molecule is Cc1ccc(CN(C(=O)c2cccc(NC(=O)c3ccco3)c2)C(C)C)o1. The summed E-state index contributed by atoms with van der Waals surface area (Å²) in [5.41, 5.74) is 1.02. The van der Waals surface area contributed by atoms with Gasteiger partial charge in [-0.25, -0.2) is 0 Å². The fraction of sp³-hybridized carbons (Fsp3) is 0.238. The third kappa shape index (κ3) is 4.47. The van der Waals surface area contributed by atoms with Crippen molar-refractivity contribution in [3.63, 3.8) is 0 Å². The van der Waals surface area contributed by atoms with Gasteiger partial charge in [0.1, 0.15) is 11.5 Å². The molecule has 0 spiro atoms. The van der Waals surface area contributed by atoms with Crippen molar-refractivity contribution >= 4 is 17.5 Å². The standard InChI is InChI=1S/C21H22N2O4/c1-14(2)23(13-18-10-9-15(3)27-18)21(25)16-6-4-7-17(12-16)22-20(24)19-8-5-11-26-19/h4-12,14H,13H2,1-3H3,(H,22,24). The third-order valence-corrected chi connectivity index (χ3v) is 4.12. The zero-order valence-electron chi connectivity index (χ0n) is 15.6. The Balaban J connectivity index is 1.77. The van der Waals surface area contributed by atoms with Crippen LogP contribution in [0.15, 0.2) is 63.6 Å². The number of hydrogen-bond acceptors (Lipinski definition) is 4. The van der Waals surface area contributed by atoms with Crippen molar-refractivity contribution in [2.75, 3.05) is 5.32 Å². The lowest BCUT2D eigenvalue weighted by atomic mass is 10.1. The highest BCUT2D eigenvalue weighted by atomic mass is 16.3. The van der Waals surface area contributed by atoms with Gasteiger partial charge in [-0.15, -0.1) is 0 Å². The molecule has 3 rings (SSSR count). The number of furan rings is 2. The number of amides is 2. The number of rotatable bonds is 6. The van der Waals surface area contributed by atoms with Gasteiger partial charge in [0.05, 0.1) is 12.8 Å². The predicted molar refractivity (Wildman–Crippen MR) is 102 cm³/mol. The summed E-state index contributed by atoms with van der Waals surface area (Å²) < 4.78 is 10.7. The van der Waals surface area contributed by atoms with E-state index in [1.165, 1.54) is 6.26 Å². The van der Waals surface area contributed by atoms with Crippen LogP contribution in [0.5, 0.6) is 0 Å². The lowest BCUT2D eigenvalue weighted by Crippen LogP contribution is -2.36. The number of anilines is 1. The van der Waals surface area contributed by atoms with Crippen LogP contribution in [0, 0.1) is 6.92 Å². The summed E-state index contributed by atoms with van der Waals surface area (Å²) in [5.74, 6) is 1.26. The summed E-state index contributed by atoms with van der Waals surface area (Å²) in [6, 6.07) is 13.8. The van der Waals surface area contributed by atoms with E-state index in [4.69, 9.17) is 8.83 Å². The summed E-state index contributed by atoms with van der Waals surface area (Å²) >= 11 is 0. The molecule has 1 aromatic carbocycles. The van der Waals surface area contributed by atoms with E-state index in [-0.39, 0.29) is 23.6 Å². The minimum absolute atomic E-state index is 0.00993. The molecule has 1 N–H and O–H groups in total. The van der Waals surface area contributed by atoms with E-state index in [0.717, 1.165) is 11.5 Å². The number of hydrogen-bond donors (Lipinski definition) is 1. The molecule has 2 heterocycles. The fourth-order valence-electron chi connectivity index (χ4n) is 2.72. The van der Waals surface area contributed by atoms with Gasteiger partial charge in [-0.1, -0.05) is 6.07 Å². The molecule has 0 bridgehead atoms. The van der Waals surface area contributed by atoms with Crippen molar-refractivity contribution in [1.29, 1.82) is 0 Å². The molecule has 2 amide bonds. The number of nitrogens with one attached hydrogen (secondary N) is 1. The van der Waals surface area contributed by atoms with Gasteiger partial charge in [0, 0.05) is 17.3 Å². The highest BCUT2D eigenvalue weighted by Crippen LogP contribution is 2.18. The van der Waals surface area contributed by atoms with Crippen LogP contribution < -0.4 is 5.32 Å². The second kappa shape index (κ2) is 7.95. The third-order valence-electron chi connectivity index (χ3n) is 4.12. The first-order chi connectivity index (χ1) is 12.9. The lowest BCUT2D eigenvalue weighted by molar-refractivity contribution is 0.0675. The topological polar surface area (TPSA) is 75.7 Å². The normalized spacial score (nSPS) is 10.8. The molecule has 3 aromatic rings. The molecule has 0 saturated heterocycles. The predicted octanol–water partition coefficient (Wildman–Crippen LogP) is 4.48. The molecule has 6 heteroatoms. The van der Waals surface area contributed by atoms with Crippen molar-refractivity contribution in [2.24, 2.45) is 0 Å². The van der Waals surface area contributed by atoms with Gasteiger partial charge in [-0.05, 0) is 63.2 Å². The quantitative estimate of drug-likeness (QED) is 0.698. The van der Waals surface area contributed by atoms with E-state index < -0.39 is 0 Å². The molecule has 140 valence electrons. The Labute approximate surface area is 157 Å². The average Bonchev–Trinajstić information content (AvgIpc) is 3.31. The van der Waals surface area contributed by atoms with Gasteiger partial charge in [0.25, 0.3) is 11.8 Å². The highest BCUT2D eigenvalue weighted by Gasteiger charge is 2.21. The van der Waals surface area contributed by atoms with Gasteiger partial charge in [0.2, 0.25) is 0 Å². The van der Waals surface area contributed by atoms with E-state index in [9.17, 15) is 9.59 Å². The van der Waals surface area contributed by atoms with Crippen molar-refractivity contribution in [3.8, 4) is 0 Å². The average molecular weight is 366 g/mol. The Bertz CT molecular complexity index is 925. The molecular formula is C21H22N2O4. The summed E-state index contributed by atoms with van der Waals surface area (Å²) in [5, 5.41) is 2.74. The summed E-state index contributed by atoms with van der Waals surface area (Å²) in [6.45, 7) is 6.16. The van der Waals surface area contributed by atoms with Gasteiger partial charge in [-0.2, -0.15) is 0 Å². The number of benzene rings is 1. The van der Waals surface area contributed by atoms with E-state index in [1.807, 2.05) is 32.9 Å². The molecule has 0 aliphatic rings. The molecule has 6 nitrogen and oxygen atoms in total. The zero-order valence-corrected chi connectivity index (χ0v) is 15.6. The summed E-state index contributed by atoms with van der Waals surface area (Å²) in [4.78, 5) is 26.9. The highest BCUT2D eigenvalue weighted by molar-refractivity contribution is 6.03. The van der Waals surface area contributed by atoms with Crippen LogP contribution in [0.4, 0.5) is 5.69 Å². The van der Waals surface area contributed by atoms with Gasteiger partial charge >= 0.3 is 0 Å². The number of carbonyl (C=O) groups is 2. The maximum absolute atomic E-state index is 13.0. The molecule has 2 aromatic heterocycles. The Kier molecular flexibility index (Phi) is 5.45. The molecule has 0 aliphatic heterocycles. The van der Waals surface area contributed by atoms with Crippen LogP contribution in [0.25, 0.3) is 0 Å². The molecular weight excluding hydrogens is 344 g/mol. The van der Waals surface area contributed by atoms with Crippen molar-refractivity contribution < 1.29 is 18.4 Å². The van der Waals surface area contributed by atoms with Gasteiger partial charge in [0.15, 0.2) is 5.76 Å². The van der Waals surface area contributed by atoms with Crippen LogP contribution in [-0.4, -0.2) is 22.8 Å². The lowest BCUT2D eigenvalue weighted by Gasteiger charge is -2.26. The molecule has 0 saturated carbocycles. The Morgan fingerprint density at radius 2 is 1.93 bits per heavy atom. The van der Waals surface area contributed by atoms with E-state index in [1.54, 1.807) is 41.3 Å². The van der Waals surface area contributed by atoms with E-state index in [0.29, 0.717) is 17.8 Å². The molecule has 0 unspecified atom stereocenters. The van der Waals surface area contributed by atoms with Crippen molar-refractivity contribution in [2.45, 2.75) is 33.4 Å². The fourth-order valence-corrected chi connectivity index (χ4v) is 2.72. The van der Waals surface area contributed by atoms with Crippen molar-refractivity contribution in [3.05, 3.63) is 77.6 Å². The van der Waals surface area contributed by atoms with Crippen LogP contribution in [0.1, 0.15) is 46.3 Å². The minimum Gasteiger partial charge on any atom is -0.464 e. The van der Waals surface area contributed by atoms with E-state index in [2.05, 4.69) is 5.32 Å². The Morgan fingerprint density at radius 1 is 1.11 bits per heavy atom. The maximum atomic E-state index is 13.0. The Hall–Kier alpha value is -3.28. The largest absolute Gasteiger partial charge is 0.464 e. The molecule has 0 aliphatic carbocycles. The van der Waals surface area contributed by atoms with E-state index >= 15 is 0 Å². The molecule has 0 atom stereocenters. The van der Waals surface area contributed by atoms with Crippen LogP contribution in [0.3, 0.4) is 0 Å². The number of aryl methyl sites for hydroxylation is 1. The number of nitrogens with zero attached hydrogens (tertiary/aromatic N) is 1. The van der Waals surface area contributed by atoms with Crippen LogP contribution >= 0.6 is 0 Å². The number of carbonyl (C=O) groups excluding carboxylic acids is 2. The van der Waals surface area contributed by atoms with Crippen molar-refractivity contribution in [1.82, 2.24) is 4.90 Å². The first kappa shape index (κ1) is 18.5. The summed E-state index contributed by atoms with van der Waals surface area (Å²) in [6.07, 6.45) is 1.44. The second-order valence-electron chi connectivity index (χ2n) is 6.55. The minimum atomic E-state index is -0.364. The first-order valence-electron chi connectivity index (χ1n) is 8.75. The molecule has 0 radical (unpaired) electrons. The first-order valence-corrected chi connectivity index (χ1v) is 8.75. The van der Waals surface area contributed by atoms with Crippen LogP contribution in [0.2, 0.25) is 0 Å². The monoisotopic (exact) mass is 366 g/mol. The van der Waals surface area contributed by atoms with Gasteiger partial charge in [-0.3, -0.25) is 9.59 Å². The Morgan fingerprint density at radius 3 is 2.56 bits per heavy atom. The summed E-state index contributed by atoms with van der Waals surface area (Å²) in [7, 11) is 0. The maximum Gasteiger partial charge on any atom is 0.291 e. The second-order valence-corrected chi connectivity index (χ2v) is 6.55. The zero-order chi connectivity index (χ0) is 19.4.